The molecule has 0 unspecified atom stereocenters. The number of aromatic nitrogens is 6. The third kappa shape index (κ3) is 2.88. The molecule has 4 aromatic rings. The van der Waals surface area contributed by atoms with E-state index in [2.05, 4.69) is 59.5 Å². The van der Waals surface area contributed by atoms with Gasteiger partial charge in [0.15, 0.2) is 0 Å². The zero-order valence-electron chi connectivity index (χ0n) is 15.9. The number of aryl methyl sites for hydroxylation is 1. The summed E-state index contributed by atoms with van der Waals surface area (Å²) in [4.78, 5) is 16.0. The third-order valence-electron chi connectivity index (χ3n) is 6.00. The second kappa shape index (κ2) is 6.48. The van der Waals surface area contributed by atoms with Gasteiger partial charge in [-0.1, -0.05) is 0 Å². The van der Waals surface area contributed by atoms with Crippen LogP contribution in [-0.2, 0) is 6.54 Å². The molecular weight excluding hydrogens is 454 g/mol. The first-order valence-corrected chi connectivity index (χ1v) is 11.1. The Morgan fingerprint density at radius 3 is 2.76 bits per heavy atom. The largest absolute Gasteiger partial charge is 0.340 e. The summed E-state index contributed by atoms with van der Waals surface area (Å²) in [5, 5.41) is 6.03. The normalized spacial score (nSPS) is 18.0. The Hall–Kier alpha value is -2.03. The Labute approximate surface area is 180 Å². The predicted octanol–water partition coefficient (Wildman–Crippen LogP) is 4.30. The number of likely N-dealkylation sites (tertiary alicyclic amines) is 1. The Morgan fingerprint density at radius 1 is 1.17 bits per heavy atom. The van der Waals surface area contributed by atoms with E-state index >= 15 is 0 Å². The van der Waals surface area contributed by atoms with Gasteiger partial charge in [0.05, 0.1) is 24.0 Å². The molecule has 9 heteroatoms. The highest BCUT2D eigenvalue weighted by Crippen LogP contribution is 2.40. The van der Waals surface area contributed by atoms with E-state index in [0.717, 1.165) is 63.5 Å². The van der Waals surface area contributed by atoms with Gasteiger partial charge in [-0.3, -0.25) is 9.58 Å². The van der Waals surface area contributed by atoms with Crippen molar-refractivity contribution < 1.29 is 0 Å². The van der Waals surface area contributed by atoms with Crippen LogP contribution in [0.15, 0.2) is 29.3 Å². The van der Waals surface area contributed by atoms with Crippen LogP contribution >= 0.6 is 27.5 Å². The topological polar surface area (TPSA) is 64.7 Å². The Balaban J connectivity index is 1.53. The molecule has 0 amide bonds. The highest BCUT2D eigenvalue weighted by molar-refractivity contribution is 9.10. The van der Waals surface area contributed by atoms with Crippen molar-refractivity contribution in [3.63, 3.8) is 0 Å². The van der Waals surface area contributed by atoms with Crippen molar-refractivity contribution >= 4 is 49.5 Å². The minimum absolute atomic E-state index is 0.237. The molecule has 0 bridgehead atoms. The summed E-state index contributed by atoms with van der Waals surface area (Å²) in [5.74, 6) is 0. The van der Waals surface area contributed by atoms with Gasteiger partial charge in [-0.2, -0.15) is 5.10 Å². The van der Waals surface area contributed by atoms with E-state index in [4.69, 9.17) is 16.7 Å². The van der Waals surface area contributed by atoms with Gasteiger partial charge in [0.1, 0.15) is 21.3 Å². The van der Waals surface area contributed by atoms with E-state index in [0.29, 0.717) is 6.04 Å². The van der Waals surface area contributed by atoms with Crippen LogP contribution in [0.4, 0.5) is 0 Å². The smallest absolute Gasteiger partial charge is 0.223 e. The summed E-state index contributed by atoms with van der Waals surface area (Å²) in [7, 11) is 0. The summed E-state index contributed by atoms with van der Waals surface area (Å²) >= 11 is 9.81. The number of fused-ring (bicyclic) bond motifs is 2. The Bertz CT molecular complexity index is 1250. The molecule has 2 aliphatic rings. The molecular formula is C20H19BrClN7. The van der Waals surface area contributed by atoms with Crippen LogP contribution in [0.3, 0.4) is 0 Å². The van der Waals surface area contributed by atoms with Crippen molar-refractivity contribution in [3.05, 3.63) is 34.5 Å². The first-order chi connectivity index (χ1) is 14.1. The molecule has 5 heterocycles. The van der Waals surface area contributed by atoms with Gasteiger partial charge >= 0.3 is 0 Å². The van der Waals surface area contributed by atoms with Crippen molar-refractivity contribution in [1.29, 1.82) is 0 Å². The molecule has 1 aliphatic carbocycles. The van der Waals surface area contributed by atoms with Gasteiger partial charge < -0.3 is 4.57 Å². The molecule has 0 N–H and O–H groups in total. The lowest BCUT2D eigenvalue weighted by Crippen LogP contribution is -2.48. The standard InChI is InChI=1S/C20H19BrClN7/c1-2-28-10-15-19(26-28)18(25-20(22)24-15)14-9-29(12-7-27(8-12)11-3-4-11)16-6-23-17(21)5-13(14)16/h5-6,9-12H,2-4,7-8H2,1H3. The molecule has 0 radical (unpaired) electrons. The first kappa shape index (κ1) is 17.8. The maximum Gasteiger partial charge on any atom is 0.223 e. The summed E-state index contributed by atoms with van der Waals surface area (Å²) < 4.78 is 5.02. The highest BCUT2D eigenvalue weighted by Gasteiger charge is 2.39. The maximum absolute atomic E-state index is 6.28. The molecule has 4 aromatic heterocycles. The van der Waals surface area contributed by atoms with Gasteiger partial charge in [0.25, 0.3) is 0 Å². The first-order valence-electron chi connectivity index (χ1n) is 9.92. The number of pyridine rings is 1. The maximum atomic E-state index is 6.28. The van der Waals surface area contributed by atoms with Crippen LogP contribution in [0, 0.1) is 0 Å². The quantitative estimate of drug-likeness (QED) is 0.327. The van der Waals surface area contributed by atoms with E-state index in [1.54, 1.807) is 0 Å². The van der Waals surface area contributed by atoms with Crippen LogP contribution in [0.5, 0.6) is 0 Å². The molecule has 148 valence electrons. The van der Waals surface area contributed by atoms with Gasteiger partial charge in [-0.25, -0.2) is 15.0 Å². The van der Waals surface area contributed by atoms with Crippen LogP contribution < -0.4 is 0 Å². The average Bonchev–Trinajstić information content (AvgIpc) is 3.30. The molecule has 6 rings (SSSR count). The van der Waals surface area contributed by atoms with Crippen molar-refractivity contribution in [2.75, 3.05) is 13.1 Å². The van der Waals surface area contributed by atoms with Crippen molar-refractivity contribution in [2.24, 2.45) is 0 Å². The lowest BCUT2D eigenvalue weighted by Gasteiger charge is -2.40. The fourth-order valence-corrected chi connectivity index (χ4v) is 4.80. The van der Waals surface area contributed by atoms with Gasteiger partial charge in [0.2, 0.25) is 5.28 Å². The summed E-state index contributed by atoms with van der Waals surface area (Å²) in [6, 6.07) is 3.31. The second-order valence-electron chi connectivity index (χ2n) is 7.87. The third-order valence-corrected chi connectivity index (χ3v) is 6.60. The molecule has 0 atom stereocenters. The summed E-state index contributed by atoms with van der Waals surface area (Å²) in [5.41, 5.74) is 4.44. The van der Waals surface area contributed by atoms with Crippen LogP contribution in [0.2, 0.25) is 5.28 Å². The van der Waals surface area contributed by atoms with E-state index in [9.17, 15) is 0 Å². The minimum atomic E-state index is 0.237. The SMILES string of the molecule is CCn1cc2nc(Cl)nc(-c3cn(C4CN(C5CC5)C4)c4cnc(Br)cc34)c2n1. The second-order valence-corrected chi connectivity index (χ2v) is 9.02. The number of hydrogen-bond acceptors (Lipinski definition) is 5. The molecule has 1 saturated heterocycles. The summed E-state index contributed by atoms with van der Waals surface area (Å²) in [6.07, 6.45) is 8.74. The van der Waals surface area contributed by atoms with E-state index in [1.807, 2.05) is 17.1 Å². The molecule has 7 nitrogen and oxygen atoms in total. The fraction of sp³-hybridized carbons (Fsp3) is 0.400. The van der Waals surface area contributed by atoms with Crippen LogP contribution in [0.1, 0.15) is 25.8 Å². The number of nitrogens with zero attached hydrogens (tertiary/aromatic N) is 7. The molecule has 0 spiro atoms. The monoisotopic (exact) mass is 471 g/mol. The molecule has 29 heavy (non-hydrogen) atoms. The van der Waals surface area contributed by atoms with E-state index < -0.39 is 0 Å². The fourth-order valence-electron chi connectivity index (χ4n) is 4.30. The number of rotatable bonds is 4. The van der Waals surface area contributed by atoms with Crippen LogP contribution in [-0.4, -0.2) is 53.3 Å². The molecule has 1 aliphatic heterocycles. The van der Waals surface area contributed by atoms with Crippen molar-refractivity contribution in [1.82, 2.24) is 34.2 Å². The lowest BCUT2D eigenvalue weighted by atomic mass is 10.1. The molecule has 2 fully saturated rings. The van der Waals surface area contributed by atoms with Gasteiger partial charge in [-0.05, 0) is 53.4 Å². The van der Waals surface area contributed by atoms with Crippen LogP contribution in [0.25, 0.3) is 33.2 Å². The highest BCUT2D eigenvalue weighted by atomic mass is 79.9. The zero-order chi connectivity index (χ0) is 19.7. The van der Waals surface area contributed by atoms with E-state index in [1.165, 1.54) is 12.8 Å². The summed E-state index contributed by atoms with van der Waals surface area (Å²) in [6.45, 7) is 5.00. The minimum Gasteiger partial charge on any atom is -0.340 e. The van der Waals surface area contributed by atoms with Gasteiger partial charge in [0, 0.05) is 42.8 Å². The predicted molar refractivity (Wildman–Crippen MR) is 116 cm³/mol. The number of halogens is 2. The number of hydrogen-bond donors (Lipinski definition) is 0. The molecule has 0 aromatic carbocycles. The van der Waals surface area contributed by atoms with E-state index in [-0.39, 0.29) is 5.28 Å². The Morgan fingerprint density at radius 2 is 2.00 bits per heavy atom. The Kier molecular flexibility index (Phi) is 3.98. The van der Waals surface area contributed by atoms with Crippen molar-refractivity contribution in [2.45, 2.75) is 38.4 Å². The van der Waals surface area contributed by atoms with Gasteiger partial charge in [-0.15, -0.1) is 0 Å². The van der Waals surface area contributed by atoms with Crippen molar-refractivity contribution in [3.8, 4) is 11.3 Å². The lowest BCUT2D eigenvalue weighted by molar-refractivity contribution is 0.101. The zero-order valence-corrected chi connectivity index (χ0v) is 18.2. The average molecular weight is 473 g/mol. The molecule has 1 saturated carbocycles.